The van der Waals surface area contributed by atoms with Gasteiger partial charge in [0, 0.05) is 25.2 Å². The van der Waals surface area contributed by atoms with Gasteiger partial charge in [-0.05, 0) is 29.8 Å². The second kappa shape index (κ2) is 8.45. The largest absolute Gasteiger partial charge is 0.454 e. The van der Waals surface area contributed by atoms with Gasteiger partial charge in [-0.1, -0.05) is 13.8 Å². The zero-order chi connectivity index (χ0) is 21.0. The summed E-state index contributed by atoms with van der Waals surface area (Å²) in [5.74, 6) is 1.23. The number of anilines is 1. The van der Waals surface area contributed by atoms with Gasteiger partial charge in [0.25, 0.3) is 5.69 Å². The lowest BCUT2D eigenvalue weighted by atomic mass is 10.2. The molecule has 10 nitrogen and oxygen atoms in total. The van der Waals surface area contributed by atoms with Crippen LogP contribution in [-0.2, 0) is 10.0 Å². The fourth-order valence-electron chi connectivity index (χ4n) is 2.80. The van der Waals surface area contributed by atoms with Gasteiger partial charge in [0.1, 0.15) is 4.90 Å². The molecule has 0 saturated heterocycles. The minimum absolute atomic E-state index is 0.138. The lowest BCUT2D eigenvalue weighted by Crippen LogP contribution is -2.31. The van der Waals surface area contributed by atoms with Crippen LogP contribution >= 0.6 is 0 Å². The third-order valence-corrected chi connectivity index (χ3v) is 6.38. The summed E-state index contributed by atoms with van der Waals surface area (Å²) in [5, 5.41) is 15.2. The Morgan fingerprint density at radius 3 is 2.59 bits per heavy atom. The molecular formula is C18H20N4O6S. The van der Waals surface area contributed by atoms with Crippen molar-refractivity contribution in [1.82, 2.24) is 4.31 Å². The fraction of sp³-hybridized carbons (Fsp3) is 0.278. The van der Waals surface area contributed by atoms with Gasteiger partial charge in [-0.2, -0.15) is 9.41 Å². The van der Waals surface area contributed by atoms with Crippen LogP contribution in [0.15, 0.2) is 46.4 Å². The monoisotopic (exact) mass is 420 g/mol. The number of hydrogen-bond donors (Lipinski definition) is 1. The first kappa shape index (κ1) is 20.6. The van der Waals surface area contributed by atoms with Gasteiger partial charge < -0.3 is 9.47 Å². The van der Waals surface area contributed by atoms with E-state index in [-0.39, 0.29) is 36.2 Å². The molecule has 2 aromatic carbocycles. The molecule has 0 radical (unpaired) electrons. The Morgan fingerprint density at radius 2 is 1.90 bits per heavy atom. The van der Waals surface area contributed by atoms with Crippen molar-refractivity contribution in [3.63, 3.8) is 0 Å². The molecule has 0 atom stereocenters. The molecule has 11 heteroatoms. The highest BCUT2D eigenvalue weighted by atomic mass is 32.2. The maximum absolute atomic E-state index is 12.9. The molecule has 1 aliphatic heterocycles. The molecule has 1 N–H and O–H groups in total. The molecule has 2 aromatic rings. The van der Waals surface area contributed by atoms with E-state index in [1.54, 1.807) is 32.0 Å². The number of rotatable bonds is 8. The predicted molar refractivity (Wildman–Crippen MR) is 107 cm³/mol. The molecule has 0 amide bonds. The van der Waals surface area contributed by atoms with Crippen molar-refractivity contribution in [2.24, 2.45) is 5.10 Å². The van der Waals surface area contributed by atoms with Crippen LogP contribution in [0, 0.1) is 10.1 Å². The topological polar surface area (TPSA) is 123 Å². The SMILES string of the molecule is CCN(CC)S(=O)(=O)c1cc([N+](=O)[O-])ccc1N/N=C\c1ccc2c(c1)OCO2. The summed E-state index contributed by atoms with van der Waals surface area (Å²) < 4.78 is 37.6. The first-order valence-corrected chi connectivity index (χ1v) is 10.3. The smallest absolute Gasteiger partial charge is 0.270 e. The van der Waals surface area contributed by atoms with Gasteiger partial charge in [-0.15, -0.1) is 0 Å². The van der Waals surface area contributed by atoms with E-state index >= 15 is 0 Å². The van der Waals surface area contributed by atoms with E-state index in [9.17, 15) is 18.5 Å². The van der Waals surface area contributed by atoms with Crippen LogP contribution in [0.1, 0.15) is 19.4 Å². The van der Waals surface area contributed by atoms with Crippen LogP contribution < -0.4 is 14.9 Å². The zero-order valence-corrected chi connectivity index (χ0v) is 16.7. The Bertz CT molecular complexity index is 1050. The Labute approximate surface area is 167 Å². The van der Waals surface area contributed by atoms with E-state index in [1.807, 2.05) is 0 Å². The number of nitro benzene ring substituents is 1. The number of ether oxygens (including phenoxy) is 2. The molecular weight excluding hydrogens is 400 g/mol. The highest BCUT2D eigenvalue weighted by Gasteiger charge is 2.27. The summed E-state index contributed by atoms with van der Waals surface area (Å²) in [4.78, 5) is 10.3. The van der Waals surface area contributed by atoms with E-state index in [2.05, 4.69) is 10.5 Å². The maximum atomic E-state index is 12.9. The van der Waals surface area contributed by atoms with Crippen molar-refractivity contribution >= 4 is 27.6 Å². The van der Waals surface area contributed by atoms with Gasteiger partial charge in [0.15, 0.2) is 11.5 Å². The van der Waals surface area contributed by atoms with Crippen LogP contribution in [0.5, 0.6) is 11.5 Å². The summed E-state index contributed by atoms with van der Waals surface area (Å²) in [6, 6.07) is 8.82. The fourth-order valence-corrected chi connectivity index (χ4v) is 4.42. The summed E-state index contributed by atoms with van der Waals surface area (Å²) in [6.45, 7) is 4.03. The average Bonchev–Trinajstić information content (AvgIpc) is 3.16. The van der Waals surface area contributed by atoms with Crippen molar-refractivity contribution in [3.05, 3.63) is 52.1 Å². The number of nitrogens with one attached hydrogen (secondary N) is 1. The Hall–Kier alpha value is -3.18. The molecule has 154 valence electrons. The molecule has 0 aromatic heterocycles. The normalized spacial score (nSPS) is 13.2. The van der Waals surface area contributed by atoms with Crippen LogP contribution in [0.2, 0.25) is 0 Å². The van der Waals surface area contributed by atoms with E-state index in [0.29, 0.717) is 17.1 Å². The molecule has 0 saturated carbocycles. The van der Waals surface area contributed by atoms with Gasteiger partial charge >= 0.3 is 0 Å². The van der Waals surface area contributed by atoms with Crippen molar-refractivity contribution in [2.75, 3.05) is 25.3 Å². The minimum Gasteiger partial charge on any atom is -0.454 e. The Kier molecular flexibility index (Phi) is 5.99. The van der Waals surface area contributed by atoms with Crippen LogP contribution in [0.25, 0.3) is 0 Å². The summed E-state index contributed by atoms with van der Waals surface area (Å²) in [5.41, 5.74) is 3.20. The molecule has 3 rings (SSSR count). The molecule has 0 unspecified atom stereocenters. The maximum Gasteiger partial charge on any atom is 0.270 e. The highest BCUT2D eigenvalue weighted by Crippen LogP contribution is 2.32. The lowest BCUT2D eigenvalue weighted by Gasteiger charge is -2.20. The second-order valence-corrected chi connectivity index (χ2v) is 7.92. The van der Waals surface area contributed by atoms with Gasteiger partial charge in [0.05, 0.1) is 16.8 Å². The molecule has 1 heterocycles. The van der Waals surface area contributed by atoms with Crippen molar-refractivity contribution in [3.8, 4) is 11.5 Å². The number of non-ortho nitro benzene ring substituents is 1. The average molecular weight is 420 g/mol. The number of nitrogens with zero attached hydrogens (tertiary/aromatic N) is 3. The van der Waals surface area contributed by atoms with Crippen LogP contribution in [0.4, 0.5) is 11.4 Å². The van der Waals surface area contributed by atoms with Crippen LogP contribution in [0.3, 0.4) is 0 Å². The third-order valence-electron chi connectivity index (χ3n) is 4.29. The van der Waals surface area contributed by atoms with Gasteiger partial charge in [-0.25, -0.2) is 8.42 Å². The quantitative estimate of drug-likeness (QED) is 0.396. The van der Waals surface area contributed by atoms with E-state index in [0.717, 1.165) is 6.07 Å². The Morgan fingerprint density at radius 1 is 1.17 bits per heavy atom. The Balaban J connectivity index is 1.91. The zero-order valence-electron chi connectivity index (χ0n) is 15.9. The van der Waals surface area contributed by atoms with Crippen LogP contribution in [-0.4, -0.2) is 43.7 Å². The molecule has 0 fully saturated rings. The van der Waals surface area contributed by atoms with E-state index in [1.165, 1.54) is 22.7 Å². The van der Waals surface area contributed by atoms with Gasteiger partial charge in [-0.3, -0.25) is 15.5 Å². The van der Waals surface area contributed by atoms with Gasteiger partial charge in [0.2, 0.25) is 16.8 Å². The molecule has 1 aliphatic rings. The molecule has 0 aliphatic carbocycles. The number of benzene rings is 2. The first-order valence-electron chi connectivity index (χ1n) is 8.84. The standard InChI is InChI=1S/C18H20N4O6S/c1-3-21(4-2)29(25,26)18-10-14(22(23)24)6-7-15(18)20-19-11-13-5-8-16-17(9-13)28-12-27-16/h5-11,20H,3-4,12H2,1-2H3/b19-11-. The number of fused-ring (bicyclic) bond motifs is 1. The van der Waals surface area contributed by atoms with Crippen molar-refractivity contribution in [1.29, 1.82) is 0 Å². The number of sulfonamides is 1. The lowest BCUT2D eigenvalue weighted by molar-refractivity contribution is -0.385. The summed E-state index contributed by atoms with van der Waals surface area (Å²) in [6.07, 6.45) is 1.48. The highest BCUT2D eigenvalue weighted by molar-refractivity contribution is 7.89. The summed E-state index contributed by atoms with van der Waals surface area (Å²) >= 11 is 0. The van der Waals surface area contributed by atoms with Crippen molar-refractivity contribution in [2.45, 2.75) is 18.7 Å². The number of hydrazone groups is 1. The molecule has 0 spiro atoms. The predicted octanol–water partition coefficient (Wildman–Crippen LogP) is 2.80. The minimum atomic E-state index is -3.93. The second-order valence-electron chi connectivity index (χ2n) is 6.01. The number of hydrogen-bond acceptors (Lipinski definition) is 8. The molecule has 0 bridgehead atoms. The molecule has 29 heavy (non-hydrogen) atoms. The number of nitro groups is 1. The van der Waals surface area contributed by atoms with Crippen molar-refractivity contribution < 1.29 is 22.8 Å². The van der Waals surface area contributed by atoms with E-state index < -0.39 is 14.9 Å². The first-order chi connectivity index (χ1) is 13.9. The summed E-state index contributed by atoms with van der Waals surface area (Å²) in [7, 11) is -3.93. The third kappa shape index (κ3) is 4.30. The van der Waals surface area contributed by atoms with E-state index in [4.69, 9.17) is 9.47 Å².